The second-order valence-corrected chi connectivity index (χ2v) is 5.91. The fourth-order valence-electron chi connectivity index (χ4n) is 0.782. The molecule has 0 radical (unpaired) electrons. The fraction of sp³-hybridized carbons (Fsp3) is 0.400. The van der Waals surface area contributed by atoms with Crippen molar-refractivity contribution in [1.82, 2.24) is 0 Å². The molecule has 0 heterocycles. The van der Waals surface area contributed by atoms with E-state index in [2.05, 4.69) is 26.5 Å². The molecule has 0 spiro atoms. The lowest BCUT2D eigenvalue weighted by Crippen LogP contribution is -1.76. The average molecular weight is 196 g/mol. The van der Waals surface area contributed by atoms with Crippen molar-refractivity contribution in [1.29, 1.82) is 0 Å². The molecule has 0 aliphatic heterocycles. The van der Waals surface area contributed by atoms with Crippen LogP contribution in [0.4, 0.5) is 0 Å². The third-order valence-electron chi connectivity index (χ3n) is 1.46. The summed E-state index contributed by atoms with van der Waals surface area (Å²) in [6.07, 6.45) is 0. The van der Waals surface area contributed by atoms with Gasteiger partial charge in [-0.1, -0.05) is 32.0 Å². The Hall–Kier alpha value is 0.102. The second-order valence-electron chi connectivity index (χ2n) is 2.69. The summed E-state index contributed by atoms with van der Waals surface area (Å²) in [4.78, 5) is 1.02. The monoisotopic (exact) mass is 196 g/mol. The standard InChI is InChI=1S/C6H6S.2C2H5.Al.H/c7-6-4-2-1-3-5-6;2*1-2;;/h1-5,7H;2*1H2,2H3;;. The Bertz CT molecular complexity index is 172. The van der Waals surface area contributed by atoms with Crippen molar-refractivity contribution in [2.24, 2.45) is 0 Å². The van der Waals surface area contributed by atoms with Crippen molar-refractivity contribution in [3.8, 4) is 0 Å². The van der Waals surface area contributed by atoms with Gasteiger partial charge in [-0.25, -0.2) is 0 Å². The number of hydrogen-bond acceptors (Lipinski definition) is 1. The molecule has 0 aliphatic rings. The Morgan fingerprint density at radius 1 is 1.08 bits per heavy atom. The van der Waals surface area contributed by atoms with E-state index in [0.717, 1.165) is 4.90 Å². The van der Waals surface area contributed by atoms with Crippen molar-refractivity contribution < 1.29 is 0 Å². The van der Waals surface area contributed by atoms with E-state index < -0.39 is 0 Å². The maximum atomic E-state index is 4.08. The highest BCUT2D eigenvalue weighted by molar-refractivity contribution is 7.80. The number of rotatable bonds is 2. The number of benzene rings is 1. The van der Waals surface area contributed by atoms with Gasteiger partial charge in [0.05, 0.1) is 0 Å². The largest absolute Gasteiger partial charge is 0.236 e. The van der Waals surface area contributed by atoms with Crippen LogP contribution in [0, 0.1) is 0 Å². The van der Waals surface area contributed by atoms with Crippen LogP contribution >= 0.6 is 12.6 Å². The van der Waals surface area contributed by atoms with Crippen LogP contribution in [-0.2, 0) is 0 Å². The first kappa shape index (κ1) is 12.1. The molecule has 66 valence electrons. The molecule has 2 heteroatoms. The SMILES string of the molecule is C[CH2][AlH][CH2]C.Sc1ccccc1. The van der Waals surface area contributed by atoms with Crippen LogP contribution in [0.5, 0.6) is 0 Å². The molecule has 0 fully saturated rings. The third kappa shape index (κ3) is 8.20. The minimum atomic E-state index is 0.432. The van der Waals surface area contributed by atoms with Gasteiger partial charge in [-0.3, -0.25) is 0 Å². The summed E-state index contributed by atoms with van der Waals surface area (Å²) in [7, 11) is 0. The third-order valence-corrected chi connectivity index (χ3v) is 3.18. The minimum absolute atomic E-state index is 0.432. The van der Waals surface area contributed by atoms with E-state index in [1.165, 1.54) is 10.6 Å². The highest BCUT2D eigenvalue weighted by Crippen LogP contribution is 2.00. The molecule has 0 nitrogen and oxygen atoms in total. The number of hydrogen-bond donors (Lipinski definition) is 1. The van der Waals surface area contributed by atoms with E-state index in [4.69, 9.17) is 0 Å². The molecule has 1 rings (SSSR count). The van der Waals surface area contributed by atoms with Gasteiger partial charge < -0.3 is 0 Å². The lowest BCUT2D eigenvalue weighted by atomic mass is 10.4. The first-order valence-corrected chi connectivity index (χ1v) is 7.00. The molecule has 0 amide bonds. The summed E-state index contributed by atoms with van der Waals surface area (Å²) in [5, 5.41) is 2.97. The van der Waals surface area contributed by atoms with Crippen LogP contribution in [0.3, 0.4) is 0 Å². The Morgan fingerprint density at radius 2 is 1.58 bits per heavy atom. The Kier molecular flexibility index (Phi) is 9.27. The molecule has 12 heavy (non-hydrogen) atoms. The van der Waals surface area contributed by atoms with Crippen LogP contribution in [0.25, 0.3) is 0 Å². The predicted octanol–water partition coefficient (Wildman–Crippen LogP) is 3.27. The maximum absolute atomic E-state index is 4.08. The van der Waals surface area contributed by atoms with Gasteiger partial charge >= 0.3 is 0 Å². The molecular formula is C10H17AlS. The molecule has 0 bridgehead atoms. The van der Waals surface area contributed by atoms with Gasteiger partial charge in [-0.2, -0.15) is 0 Å². The van der Waals surface area contributed by atoms with Crippen molar-refractivity contribution in [2.75, 3.05) is 0 Å². The Labute approximate surface area is 87.5 Å². The van der Waals surface area contributed by atoms with Crippen LogP contribution < -0.4 is 0 Å². The smallest absolute Gasteiger partial charge is 0.143 e. The second kappa shape index (κ2) is 9.19. The normalized spacial score (nSPS) is 8.25. The van der Waals surface area contributed by atoms with E-state index in [9.17, 15) is 0 Å². The zero-order chi connectivity index (χ0) is 9.23. The molecular weight excluding hydrogens is 179 g/mol. The molecule has 0 atom stereocenters. The van der Waals surface area contributed by atoms with Crippen molar-refractivity contribution in [2.45, 2.75) is 29.3 Å². The van der Waals surface area contributed by atoms with Gasteiger partial charge in [0, 0.05) is 4.90 Å². The molecule has 1 aromatic carbocycles. The lowest BCUT2D eigenvalue weighted by molar-refractivity contribution is 1.36. The minimum Gasteiger partial charge on any atom is -0.143 e. The molecule has 1 aromatic rings. The van der Waals surface area contributed by atoms with Crippen LogP contribution in [0.15, 0.2) is 35.2 Å². The number of thiol groups is 1. The van der Waals surface area contributed by atoms with E-state index in [1.54, 1.807) is 0 Å². The lowest BCUT2D eigenvalue weighted by Gasteiger charge is -1.81. The Morgan fingerprint density at radius 3 is 1.75 bits per heavy atom. The van der Waals surface area contributed by atoms with Crippen molar-refractivity contribution in [3.63, 3.8) is 0 Å². The summed E-state index contributed by atoms with van der Waals surface area (Å²) in [6.45, 7) is 4.55. The topological polar surface area (TPSA) is 0 Å². The van der Waals surface area contributed by atoms with E-state index >= 15 is 0 Å². The van der Waals surface area contributed by atoms with Crippen molar-refractivity contribution in [3.05, 3.63) is 30.3 Å². The molecule has 0 saturated heterocycles. The molecule has 0 aromatic heterocycles. The van der Waals surface area contributed by atoms with Crippen LogP contribution in [0.2, 0.25) is 10.6 Å². The highest BCUT2D eigenvalue weighted by Gasteiger charge is 1.76. The van der Waals surface area contributed by atoms with Crippen LogP contribution in [0.1, 0.15) is 13.8 Å². The van der Waals surface area contributed by atoms with E-state index in [-0.39, 0.29) is 0 Å². The van der Waals surface area contributed by atoms with E-state index in [1.807, 2.05) is 30.3 Å². The Balaban J connectivity index is 0.000000217. The van der Waals surface area contributed by atoms with Gasteiger partial charge in [0.15, 0.2) is 0 Å². The highest BCUT2D eigenvalue weighted by atomic mass is 32.1. The van der Waals surface area contributed by atoms with Gasteiger partial charge in [-0.15, -0.1) is 23.2 Å². The molecule has 0 saturated carbocycles. The van der Waals surface area contributed by atoms with Crippen LogP contribution in [-0.4, -0.2) is 15.2 Å². The van der Waals surface area contributed by atoms with E-state index in [0.29, 0.717) is 15.2 Å². The summed E-state index contributed by atoms with van der Waals surface area (Å²) >= 11 is 4.52. The van der Waals surface area contributed by atoms with Gasteiger partial charge in [-0.05, 0) is 12.1 Å². The first-order valence-electron chi connectivity index (χ1n) is 4.55. The fourth-order valence-corrected chi connectivity index (χ4v) is 1.66. The summed E-state index contributed by atoms with van der Waals surface area (Å²) < 4.78 is 0. The molecule has 0 N–H and O–H groups in total. The van der Waals surface area contributed by atoms with Gasteiger partial charge in [0.2, 0.25) is 15.2 Å². The first-order chi connectivity index (χ1) is 5.81. The average Bonchev–Trinajstić information content (AvgIpc) is 2.08. The van der Waals surface area contributed by atoms with Gasteiger partial charge in [0.1, 0.15) is 0 Å². The molecule has 0 aliphatic carbocycles. The predicted molar refractivity (Wildman–Crippen MR) is 61.8 cm³/mol. The summed E-state index contributed by atoms with van der Waals surface area (Å²) in [5.74, 6) is 0. The molecule has 0 unspecified atom stereocenters. The summed E-state index contributed by atoms with van der Waals surface area (Å²) in [5.41, 5.74) is 0. The zero-order valence-electron chi connectivity index (χ0n) is 7.96. The summed E-state index contributed by atoms with van der Waals surface area (Å²) in [6, 6.07) is 9.79. The quantitative estimate of drug-likeness (QED) is 0.544. The maximum Gasteiger partial charge on any atom is 0.236 e. The van der Waals surface area contributed by atoms with Gasteiger partial charge in [0.25, 0.3) is 0 Å². The van der Waals surface area contributed by atoms with Crippen molar-refractivity contribution >= 4 is 27.8 Å². The zero-order valence-corrected chi connectivity index (χ0v) is 10.3.